The number of ether oxygens (including phenoxy) is 2. The van der Waals surface area contributed by atoms with E-state index >= 15 is 0 Å². The summed E-state index contributed by atoms with van der Waals surface area (Å²) in [4.78, 5) is 24.3. The van der Waals surface area contributed by atoms with Crippen LogP contribution in [-0.2, 0) is 4.79 Å². The lowest BCUT2D eigenvalue weighted by Crippen LogP contribution is -2.20. The zero-order chi connectivity index (χ0) is 22.1. The highest BCUT2D eigenvalue weighted by Gasteiger charge is 2.07. The Morgan fingerprint density at radius 3 is 2.42 bits per heavy atom. The van der Waals surface area contributed by atoms with Crippen LogP contribution in [0.2, 0.25) is 0 Å². The molecule has 0 aliphatic heterocycles. The average Bonchev–Trinajstić information content (AvgIpc) is 2.79. The van der Waals surface area contributed by atoms with E-state index in [9.17, 15) is 9.59 Å². The molecule has 0 radical (unpaired) electrons. The van der Waals surface area contributed by atoms with E-state index in [0.717, 1.165) is 4.47 Å². The molecule has 0 saturated carbocycles. The van der Waals surface area contributed by atoms with Crippen LogP contribution in [0.5, 0.6) is 11.5 Å². The number of amides is 2. The summed E-state index contributed by atoms with van der Waals surface area (Å²) in [6, 6.07) is 21.0. The molecule has 3 aromatic carbocycles. The van der Waals surface area contributed by atoms with Crippen molar-refractivity contribution < 1.29 is 19.1 Å². The lowest BCUT2D eigenvalue weighted by molar-refractivity contribution is -0.118. The highest BCUT2D eigenvalue weighted by molar-refractivity contribution is 9.10. The molecule has 2 N–H and O–H groups in total. The van der Waals surface area contributed by atoms with E-state index in [1.54, 1.807) is 73.8 Å². The predicted molar refractivity (Wildman–Crippen MR) is 123 cm³/mol. The fourth-order valence-electron chi connectivity index (χ4n) is 2.56. The van der Waals surface area contributed by atoms with Gasteiger partial charge in [-0.25, -0.2) is 5.43 Å². The smallest absolute Gasteiger partial charge is 0.271 e. The molecule has 158 valence electrons. The maximum absolute atomic E-state index is 12.2. The molecular formula is C23H20BrN3O4. The molecule has 3 rings (SSSR count). The Hall–Kier alpha value is -3.65. The first-order chi connectivity index (χ1) is 15.0. The molecule has 31 heavy (non-hydrogen) atoms. The predicted octanol–water partition coefficient (Wildman–Crippen LogP) is 4.24. The molecule has 3 aromatic rings. The molecular weight excluding hydrogens is 462 g/mol. The van der Waals surface area contributed by atoms with Gasteiger partial charge < -0.3 is 14.8 Å². The van der Waals surface area contributed by atoms with Gasteiger partial charge in [0.05, 0.1) is 13.3 Å². The highest BCUT2D eigenvalue weighted by Crippen LogP contribution is 2.17. The summed E-state index contributed by atoms with van der Waals surface area (Å²) in [6.45, 7) is -0.178. The number of carbonyl (C=O) groups is 2. The summed E-state index contributed by atoms with van der Waals surface area (Å²) in [5.74, 6) is 0.533. The number of halogens is 1. The zero-order valence-corrected chi connectivity index (χ0v) is 18.3. The van der Waals surface area contributed by atoms with Gasteiger partial charge in [0, 0.05) is 21.3 Å². The van der Waals surface area contributed by atoms with Crippen molar-refractivity contribution in [1.82, 2.24) is 5.43 Å². The van der Waals surface area contributed by atoms with E-state index < -0.39 is 0 Å². The molecule has 0 fully saturated rings. The topological polar surface area (TPSA) is 89.0 Å². The van der Waals surface area contributed by atoms with Gasteiger partial charge in [0.2, 0.25) is 0 Å². The van der Waals surface area contributed by atoms with Crippen molar-refractivity contribution in [3.63, 3.8) is 0 Å². The quantitative estimate of drug-likeness (QED) is 0.372. The Kier molecular flexibility index (Phi) is 7.78. The zero-order valence-electron chi connectivity index (χ0n) is 16.7. The van der Waals surface area contributed by atoms with Crippen molar-refractivity contribution >= 4 is 39.6 Å². The van der Waals surface area contributed by atoms with Crippen molar-refractivity contribution in [2.45, 2.75) is 0 Å². The van der Waals surface area contributed by atoms with Gasteiger partial charge in [-0.15, -0.1) is 0 Å². The number of hydrogen-bond acceptors (Lipinski definition) is 5. The second-order valence-electron chi connectivity index (χ2n) is 6.31. The first kappa shape index (κ1) is 22.0. The average molecular weight is 482 g/mol. The summed E-state index contributed by atoms with van der Waals surface area (Å²) < 4.78 is 11.6. The summed E-state index contributed by atoms with van der Waals surface area (Å²) >= 11 is 3.33. The van der Waals surface area contributed by atoms with Crippen LogP contribution in [0.3, 0.4) is 0 Å². The van der Waals surface area contributed by atoms with E-state index in [4.69, 9.17) is 9.47 Å². The number of para-hydroxylation sites is 1. The van der Waals surface area contributed by atoms with E-state index in [1.807, 2.05) is 6.07 Å². The van der Waals surface area contributed by atoms with Gasteiger partial charge in [-0.05, 0) is 60.7 Å². The van der Waals surface area contributed by atoms with Gasteiger partial charge in [0.15, 0.2) is 6.61 Å². The second kappa shape index (κ2) is 10.9. The second-order valence-corrected chi connectivity index (χ2v) is 7.22. The van der Waals surface area contributed by atoms with Gasteiger partial charge in [-0.1, -0.05) is 28.1 Å². The van der Waals surface area contributed by atoms with Crippen LogP contribution in [0.1, 0.15) is 15.9 Å². The van der Waals surface area contributed by atoms with Gasteiger partial charge in [0.25, 0.3) is 11.8 Å². The van der Waals surface area contributed by atoms with Crippen LogP contribution >= 0.6 is 15.9 Å². The summed E-state index contributed by atoms with van der Waals surface area (Å²) in [6.07, 6.45) is 1.47. The third-order valence-electron chi connectivity index (χ3n) is 4.13. The third-order valence-corrected chi connectivity index (χ3v) is 4.66. The number of nitrogens with one attached hydrogen (secondary N) is 2. The summed E-state index contributed by atoms with van der Waals surface area (Å²) in [7, 11) is 1.58. The van der Waals surface area contributed by atoms with Crippen molar-refractivity contribution in [2.75, 3.05) is 19.0 Å². The number of benzene rings is 3. The number of rotatable bonds is 8. The van der Waals surface area contributed by atoms with Gasteiger partial charge in [0.1, 0.15) is 11.5 Å². The Bertz CT molecular complexity index is 1070. The fraction of sp³-hybridized carbons (Fsp3) is 0.0870. The van der Waals surface area contributed by atoms with Crippen molar-refractivity contribution in [3.8, 4) is 11.5 Å². The standard InChI is InChI=1S/C23H20BrN3O4/c1-30-20-12-10-19(11-13-20)26-22(28)15-31-21-5-3-2-4-17(21)14-25-27-23(29)16-6-8-18(24)9-7-16/h2-14H,15H2,1H3,(H,26,28)(H,27,29)/b25-14+. The van der Waals surface area contributed by atoms with Crippen LogP contribution in [-0.4, -0.2) is 31.7 Å². The minimum atomic E-state index is -0.332. The van der Waals surface area contributed by atoms with Crippen LogP contribution in [0.4, 0.5) is 5.69 Å². The Morgan fingerprint density at radius 1 is 1.00 bits per heavy atom. The van der Waals surface area contributed by atoms with E-state index in [2.05, 4.69) is 31.8 Å². The molecule has 0 aliphatic rings. The Labute approximate surface area is 188 Å². The minimum absolute atomic E-state index is 0.178. The molecule has 0 bridgehead atoms. The molecule has 0 saturated heterocycles. The van der Waals surface area contributed by atoms with Crippen LogP contribution in [0.15, 0.2) is 82.4 Å². The normalized spacial score (nSPS) is 10.5. The van der Waals surface area contributed by atoms with E-state index in [1.165, 1.54) is 6.21 Å². The molecule has 0 heterocycles. The number of methoxy groups -OCH3 is 1. The monoisotopic (exact) mass is 481 g/mol. The maximum Gasteiger partial charge on any atom is 0.271 e. The Morgan fingerprint density at radius 2 is 1.71 bits per heavy atom. The number of nitrogens with zero attached hydrogens (tertiary/aromatic N) is 1. The molecule has 0 unspecified atom stereocenters. The van der Waals surface area contributed by atoms with Crippen molar-refractivity contribution in [3.05, 3.63) is 88.4 Å². The molecule has 0 atom stereocenters. The van der Waals surface area contributed by atoms with E-state index in [-0.39, 0.29) is 18.4 Å². The number of anilines is 1. The van der Waals surface area contributed by atoms with Gasteiger partial charge >= 0.3 is 0 Å². The summed E-state index contributed by atoms with van der Waals surface area (Å²) in [5.41, 5.74) is 4.22. The first-order valence-corrected chi connectivity index (χ1v) is 10.1. The SMILES string of the molecule is COc1ccc(NC(=O)COc2ccccc2/C=N/NC(=O)c2ccc(Br)cc2)cc1. The summed E-state index contributed by atoms with van der Waals surface area (Å²) in [5, 5.41) is 6.73. The van der Waals surface area contributed by atoms with Crippen LogP contribution in [0, 0.1) is 0 Å². The molecule has 0 spiro atoms. The van der Waals surface area contributed by atoms with E-state index in [0.29, 0.717) is 28.3 Å². The van der Waals surface area contributed by atoms with Crippen LogP contribution in [0.25, 0.3) is 0 Å². The molecule has 0 aliphatic carbocycles. The number of hydrogen-bond donors (Lipinski definition) is 2. The molecule has 8 heteroatoms. The third kappa shape index (κ3) is 6.68. The van der Waals surface area contributed by atoms with Gasteiger partial charge in [-0.2, -0.15) is 5.10 Å². The lowest BCUT2D eigenvalue weighted by Gasteiger charge is -2.10. The molecule has 0 aromatic heterocycles. The lowest BCUT2D eigenvalue weighted by atomic mass is 10.2. The molecule has 2 amide bonds. The first-order valence-electron chi connectivity index (χ1n) is 9.30. The highest BCUT2D eigenvalue weighted by atomic mass is 79.9. The fourth-order valence-corrected chi connectivity index (χ4v) is 2.82. The van der Waals surface area contributed by atoms with Crippen LogP contribution < -0.4 is 20.2 Å². The Balaban J connectivity index is 1.55. The van der Waals surface area contributed by atoms with Gasteiger partial charge in [-0.3, -0.25) is 9.59 Å². The number of hydrazone groups is 1. The van der Waals surface area contributed by atoms with Crippen molar-refractivity contribution in [2.24, 2.45) is 5.10 Å². The number of carbonyl (C=O) groups excluding carboxylic acids is 2. The largest absolute Gasteiger partial charge is 0.497 e. The van der Waals surface area contributed by atoms with Crippen molar-refractivity contribution in [1.29, 1.82) is 0 Å². The molecule has 7 nitrogen and oxygen atoms in total. The minimum Gasteiger partial charge on any atom is -0.497 e. The maximum atomic E-state index is 12.2.